The number of carbonyl (C=O) groups is 3. The molecule has 192 valence electrons. The van der Waals surface area contributed by atoms with E-state index in [4.69, 9.17) is 0 Å². The molecule has 1 aromatic carbocycles. The van der Waals surface area contributed by atoms with Crippen LogP contribution in [0.5, 0.6) is 0 Å². The van der Waals surface area contributed by atoms with Crippen LogP contribution < -0.4 is 15.5 Å². The van der Waals surface area contributed by atoms with Crippen LogP contribution in [0.3, 0.4) is 0 Å². The van der Waals surface area contributed by atoms with Crippen molar-refractivity contribution in [3.63, 3.8) is 0 Å². The van der Waals surface area contributed by atoms with E-state index in [1.807, 2.05) is 36.4 Å². The maximum Gasteiger partial charge on any atom is 0.327 e. The molecule has 2 aromatic heterocycles. The van der Waals surface area contributed by atoms with Crippen molar-refractivity contribution in [3.05, 3.63) is 79.1 Å². The summed E-state index contributed by atoms with van der Waals surface area (Å²) >= 11 is 1.27. The van der Waals surface area contributed by atoms with Crippen LogP contribution >= 0.6 is 11.8 Å². The summed E-state index contributed by atoms with van der Waals surface area (Å²) in [7, 11) is 0. The van der Waals surface area contributed by atoms with Gasteiger partial charge >= 0.3 is 6.03 Å². The highest BCUT2D eigenvalue weighted by atomic mass is 32.2. The number of aliphatic hydroxyl groups excluding tert-OH is 1. The van der Waals surface area contributed by atoms with Crippen molar-refractivity contribution in [2.24, 2.45) is 0 Å². The third-order valence-electron chi connectivity index (χ3n) is 6.94. The molecule has 2 unspecified atom stereocenters. The van der Waals surface area contributed by atoms with Crippen LogP contribution in [0.4, 0.5) is 16.2 Å². The van der Waals surface area contributed by atoms with Crippen LogP contribution in [0.25, 0.3) is 11.3 Å². The number of urea groups is 1. The second-order valence-corrected chi connectivity index (χ2v) is 10.4. The Hall–Kier alpha value is -4.22. The molecule has 0 spiro atoms. The predicted octanol–water partition coefficient (Wildman–Crippen LogP) is 2.39. The first-order chi connectivity index (χ1) is 18.4. The summed E-state index contributed by atoms with van der Waals surface area (Å²) in [6.45, 7) is 3.77. The Bertz CT molecular complexity index is 1450. The summed E-state index contributed by atoms with van der Waals surface area (Å²) in [5.41, 5.74) is 3.72. The molecule has 3 aromatic rings. The second-order valence-electron chi connectivity index (χ2n) is 9.25. The molecule has 3 aliphatic rings. The maximum atomic E-state index is 13.5. The number of nitrogens with zero attached hydrogens (tertiary/aromatic N) is 4. The molecule has 0 radical (unpaired) electrons. The van der Waals surface area contributed by atoms with Gasteiger partial charge in [0.05, 0.1) is 35.3 Å². The standard InChI is InChI=1S/C27H24N6O4S/c1-2-21(35)32-13-18(20(34)14-32)30-25(36)24-23-22-19(9-11-29-26(22)38-24)33(27(37)31-23)16-8-10-28-17(12-16)15-6-4-3-5-7-15/h2-12,18,20,23-24,34H,1,13-14H2,(H,30,36)(H,31,37)/t18-,20+,23?,24?/m0/s1. The van der Waals surface area contributed by atoms with Gasteiger partial charge in [-0.2, -0.15) is 0 Å². The van der Waals surface area contributed by atoms with Gasteiger partial charge < -0.3 is 20.6 Å². The van der Waals surface area contributed by atoms with Gasteiger partial charge in [0.2, 0.25) is 11.8 Å². The van der Waals surface area contributed by atoms with Crippen LogP contribution in [0.1, 0.15) is 11.6 Å². The average Bonchev–Trinajstić information content (AvgIpc) is 3.50. The number of amides is 4. The lowest BCUT2D eigenvalue weighted by Crippen LogP contribution is -2.52. The Morgan fingerprint density at radius 3 is 2.71 bits per heavy atom. The summed E-state index contributed by atoms with van der Waals surface area (Å²) in [5, 5.41) is 16.2. The normalized spacial score (nSPS) is 23.6. The van der Waals surface area contributed by atoms with E-state index in [1.165, 1.54) is 22.7 Å². The number of benzene rings is 1. The number of β-amino-alcohol motifs (C(OH)–C–C–N with tert-alkyl or cyclic N) is 1. The Morgan fingerprint density at radius 2 is 1.92 bits per heavy atom. The van der Waals surface area contributed by atoms with E-state index < -0.39 is 23.4 Å². The lowest BCUT2D eigenvalue weighted by molar-refractivity contribution is -0.126. The third kappa shape index (κ3) is 4.09. The van der Waals surface area contributed by atoms with Gasteiger partial charge in [0.1, 0.15) is 10.3 Å². The summed E-state index contributed by atoms with van der Waals surface area (Å²) in [5.74, 6) is -0.645. The number of rotatable bonds is 5. The fourth-order valence-corrected chi connectivity index (χ4v) is 6.35. The zero-order valence-corrected chi connectivity index (χ0v) is 21.0. The van der Waals surface area contributed by atoms with Crippen LogP contribution in [0.2, 0.25) is 0 Å². The molecule has 38 heavy (non-hydrogen) atoms. The Kier molecular flexibility index (Phi) is 6.09. The number of hydrogen-bond donors (Lipinski definition) is 3. The molecule has 0 aliphatic carbocycles. The number of aromatic nitrogens is 2. The summed E-state index contributed by atoms with van der Waals surface area (Å²) in [6.07, 6.45) is 3.58. The molecule has 4 amide bonds. The van der Waals surface area contributed by atoms with Gasteiger partial charge in [-0.05, 0) is 24.3 Å². The number of aliphatic hydroxyl groups is 1. The molecule has 6 rings (SSSR count). The molecule has 1 saturated heterocycles. The summed E-state index contributed by atoms with van der Waals surface area (Å²) in [4.78, 5) is 50.7. The molecule has 3 N–H and O–H groups in total. The van der Waals surface area contributed by atoms with Crippen molar-refractivity contribution in [1.29, 1.82) is 0 Å². The second kappa shape index (κ2) is 9.58. The fraction of sp³-hybridized carbons (Fsp3) is 0.222. The zero-order chi connectivity index (χ0) is 26.4. The van der Waals surface area contributed by atoms with Crippen molar-refractivity contribution >= 4 is 41.0 Å². The van der Waals surface area contributed by atoms with Crippen molar-refractivity contribution < 1.29 is 19.5 Å². The number of anilines is 2. The van der Waals surface area contributed by atoms with E-state index in [0.29, 0.717) is 16.4 Å². The number of pyridine rings is 2. The smallest absolute Gasteiger partial charge is 0.327 e. The quantitative estimate of drug-likeness (QED) is 0.434. The Morgan fingerprint density at radius 1 is 1.13 bits per heavy atom. The molecule has 10 nitrogen and oxygen atoms in total. The van der Waals surface area contributed by atoms with E-state index in [9.17, 15) is 19.5 Å². The van der Waals surface area contributed by atoms with Crippen LogP contribution in [0.15, 0.2) is 78.6 Å². The molecule has 4 atom stereocenters. The van der Waals surface area contributed by atoms with Gasteiger partial charge in [-0.15, -0.1) is 0 Å². The number of likely N-dealkylation sites (tertiary alicyclic amines) is 1. The molecule has 0 saturated carbocycles. The monoisotopic (exact) mass is 528 g/mol. The van der Waals surface area contributed by atoms with Gasteiger partial charge in [0, 0.05) is 36.6 Å². The summed E-state index contributed by atoms with van der Waals surface area (Å²) in [6, 6.07) is 13.5. The number of nitrogens with one attached hydrogen (secondary N) is 2. The lowest BCUT2D eigenvalue weighted by Gasteiger charge is -2.34. The van der Waals surface area contributed by atoms with E-state index in [2.05, 4.69) is 27.2 Å². The van der Waals surface area contributed by atoms with Crippen molar-refractivity contribution in [2.45, 2.75) is 28.5 Å². The minimum atomic E-state index is -0.896. The van der Waals surface area contributed by atoms with Crippen LogP contribution in [-0.4, -0.2) is 68.3 Å². The van der Waals surface area contributed by atoms with Gasteiger partial charge in [-0.1, -0.05) is 48.7 Å². The number of hydrogen-bond acceptors (Lipinski definition) is 7. The maximum absolute atomic E-state index is 13.5. The number of thioether (sulfide) groups is 1. The Balaban J connectivity index is 1.27. The first-order valence-corrected chi connectivity index (χ1v) is 13.0. The molecule has 11 heteroatoms. The highest BCUT2D eigenvalue weighted by Gasteiger charge is 2.47. The Labute approximate surface area is 222 Å². The third-order valence-corrected chi connectivity index (χ3v) is 8.23. The largest absolute Gasteiger partial charge is 0.389 e. The first kappa shape index (κ1) is 24.1. The van der Waals surface area contributed by atoms with Crippen LogP contribution in [0, 0.1) is 0 Å². The van der Waals surface area contributed by atoms with Crippen molar-refractivity contribution in [1.82, 2.24) is 25.5 Å². The van der Waals surface area contributed by atoms with E-state index >= 15 is 0 Å². The van der Waals surface area contributed by atoms with Crippen molar-refractivity contribution in [2.75, 3.05) is 18.0 Å². The minimum Gasteiger partial charge on any atom is -0.389 e. The highest BCUT2D eigenvalue weighted by Crippen LogP contribution is 2.50. The molecular weight excluding hydrogens is 504 g/mol. The lowest BCUT2D eigenvalue weighted by atomic mass is 9.99. The fourth-order valence-electron chi connectivity index (χ4n) is 5.11. The van der Waals surface area contributed by atoms with Gasteiger partial charge in [-0.3, -0.25) is 19.5 Å². The molecule has 5 heterocycles. The highest BCUT2D eigenvalue weighted by molar-refractivity contribution is 8.01. The summed E-state index contributed by atoms with van der Waals surface area (Å²) < 4.78 is 0. The predicted molar refractivity (Wildman–Crippen MR) is 142 cm³/mol. The molecular formula is C27H24N6O4S. The van der Waals surface area contributed by atoms with Crippen molar-refractivity contribution in [3.8, 4) is 11.3 Å². The average molecular weight is 529 g/mol. The molecule has 1 fully saturated rings. The topological polar surface area (TPSA) is 128 Å². The van der Waals surface area contributed by atoms with E-state index in [1.54, 1.807) is 29.4 Å². The minimum absolute atomic E-state index is 0.117. The zero-order valence-electron chi connectivity index (χ0n) is 20.2. The van der Waals surface area contributed by atoms with Gasteiger partial charge in [-0.25, -0.2) is 9.78 Å². The molecule has 3 aliphatic heterocycles. The van der Waals surface area contributed by atoms with Crippen LogP contribution in [-0.2, 0) is 9.59 Å². The van der Waals surface area contributed by atoms with E-state index in [-0.39, 0.29) is 30.9 Å². The number of carbonyl (C=O) groups excluding carboxylic acids is 3. The first-order valence-electron chi connectivity index (χ1n) is 12.1. The SMILES string of the molecule is C=CC(=O)N1C[C@@H](O)[C@@H](NC(=O)C2Sc3nccc4c3C2NC(=O)N4c2ccnc(-c3ccccc3)c2)C1. The van der Waals surface area contributed by atoms with Gasteiger partial charge in [0.15, 0.2) is 0 Å². The molecule has 0 bridgehead atoms. The van der Waals surface area contributed by atoms with E-state index in [0.717, 1.165) is 16.8 Å². The van der Waals surface area contributed by atoms with Gasteiger partial charge in [0.25, 0.3) is 0 Å².